The van der Waals surface area contributed by atoms with Crippen LogP contribution in [0.4, 0.5) is 0 Å². The van der Waals surface area contributed by atoms with Gasteiger partial charge in [0.05, 0.1) is 37.3 Å². The van der Waals surface area contributed by atoms with Gasteiger partial charge < -0.3 is 14.2 Å². The van der Waals surface area contributed by atoms with E-state index < -0.39 is 28.6 Å². The van der Waals surface area contributed by atoms with E-state index in [1.807, 2.05) is 6.92 Å². The van der Waals surface area contributed by atoms with Gasteiger partial charge in [0.25, 0.3) is 0 Å². The maximum atomic E-state index is 10.4. The SMILES string of the molecule is CCCCC(CC)C1OC2(c3ccc(OC)cc3)OC(=N)C(C#N)(C2C)C1(C#N)C#N. The van der Waals surface area contributed by atoms with Crippen LogP contribution in [0.15, 0.2) is 24.3 Å². The second-order valence-corrected chi connectivity index (χ2v) is 8.35. The van der Waals surface area contributed by atoms with E-state index in [1.54, 1.807) is 38.3 Å². The van der Waals surface area contributed by atoms with Crippen LogP contribution in [-0.2, 0) is 15.3 Å². The lowest BCUT2D eigenvalue weighted by Gasteiger charge is -2.50. The van der Waals surface area contributed by atoms with Crippen molar-refractivity contribution in [1.29, 1.82) is 21.2 Å². The summed E-state index contributed by atoms with van der Waals surface area (Å²) >= 11 is 0. The molecule has 2 aliphatic rings. The van der Waals surface area contributed by atoms with Gasteiger partial charge in [-0.15, -0.1) is 0 Å². The highest BCUT2D eigenvalue weighted by Crippen LogP contribution is 2.66. The van der Waals surface area contributed by atoms with Crippen molar-refractivity contribution in [1.82, 2.24) is 0 Å². The smallest absolute Gasteiger partial charge is 0.243 e. The molecule has 7 heteroatoms. The summed E-state index contributed by atoms with van der Waals surface area (Å²) in [6, 6.07) is 13.5. The first kappa shape index (κ1) is 22.6. The highest BCUT2D eigenvalue weighted by molar-refractivity contribution is 5.89. The van der Waals surface area contributed by atoms with Gasteiger partial charge in [-0.3, -0.25) is 5.41 Å². The van der Waals surface area contributed by atoms with Crippen LogP contribution in [0.5, 0.6) is 5.75 Å². The van der Waals surface area contributed by atoms with E-state index >= 15 is 0 Å². The van der Waals surface area contributed by atoms with Gasteiger partial charge in [0, 0.05) is 5.56 Å². The third-order valence-electron chi connectivity index (χ3n) is 7.08. The number of ether oxygens (including phenoxy) is 3. The van der Waals surface area contributed by atoms with Crippen molar-refractivity contribution in [3.63, 3.8) is 0 Å². The number of nitrogens with zero attached hydrogens (tertiary/aromatic N) is 3. The van der Waals surface area contributed by atoms with Gasteiger partial charge in [0.2, 0.25) is 11.7 Å². The summed E-state index contributed by atoms with van der Waals surface area (Å²) in [5, 5.41) is 39.6. The van der Waals surface area contributed by atoms with Crippen LogP contribution in [0.1, 0.15) is 52.0 Å². The van der Waals surface area contributed by atoms with Crippen molar-refractivity contribution in [3.05, 3.63) is 29.8 Å². The van der Waals surface area contributed by atoms with E-state index in [2.05, 4.69) is 25.1 Å². The number of nitrogens with one attached hydrogen (secondary N) is 1. The topological polar surface area (TPSA) is 123 Å². The predicted molar refractivity (Wildman–Crippen MR) is 113 cm³/mol. The summed E-state index contributed by atoms with van der Waals surface area (Å²) in [4.78, 5) is 0. The Morgan fingerprint density at radius 2 is 1.77 bits per heavy atom. The van der Waals surface area contributed by atoms with Crippen molar-refractivity contribution in [2.75, 3.05) is 7.11 Å². The normalized spacial score (nSPS) is 31.6. The summed E-state index contributed by atoms with van der Waals surface area (Å²) in [5.74, 6) is -2.04. The molecule has 2 aliphatic heterocycles. The molecule has 2 saturated heterocycles. The monoisotopic (exact) mass is 420 g/mol. The van der Waals surface area contributed by atoms with Gasteiger partial charge in [0.15, 0.2) is 10.8 Å². The number of unbranched alkanes of at least 4 members (excludes halogenated alkanes) is 1. The second-order valence-electron chi connectivity index (χ2n) is 8.35. The number of hydrogen-bond donors (Lipinski definition) is 1. The van der Waals surface area contributed by atoms with Gasteiger partial charge in [-0.1, -0.05) is 40.0 Å². The van der Waals surface area contributed by atoms with Crippen LogP contribution < -0.4 is 4.74 Å². The summed E-state index contributed by atoms with van der Waals surface area (Å²) in [5.41, 5.74) is -2.96. The third-order valence-corrected chi connectivity index (χ3v) is 7.08. The zero-order valence-electron chi connectivity index (χ0n) is 18.4. The van der Waals surface area contributed by atoms with Gasteiger partial charge in [0.1, 0.15) is 5.75 Å². The first-order chi connectivity index (χ1) is 14.9. The number of hydrogen-bond acceptors (Lipinski definition) is 7. The Bertz CT molecular complexity index is 957. The molecule has 0 saturated carbocycles. The zero-order valence-corrected chi connectivity index (χ0v) is 18.4. The molecule has 162 valence electrons. The molecule has 5 atom stereocenters. The molecule has 1 aromatic rings. The molecule has 0 radical (unpaired) electrons. The number of nitriles is 3. The van der Waals surface area contributed by atoms with E-state index in [-0.39, 0.29) is 11.8 Å². The highest BCUT2D eigenvalue weighted by Gasteiger charge is 2.80. The minimum atomic E-state index is -1.85. The van der Waals surface area contributed by atoms with Gasteiger partial charge in [-0.25, -0.2) is 0 Å². The van der Waals surface area contributed by atoms with Crippen LogP contribution in [0.3, 0.4) is 0 Å². The molecule has 7 nitrogen and oxygen atoms in total. The van der Waals surface area contributed by atoms with E-state index in [4.69, 9.17) is 19.6 Å². The largest absolute Gasteiger partial charge is 0.497 e. The molecule has 2 fully saturated rings. The Balaban J connectivity index is 2.26. The Hall–Kier alpha value is -3.08. The molecule has 1 aromatic carbocycles. The molecular formula is C24H28N4O3. The van der Waals surface area contributed by atoms with E-state index in [1.165, 1.54) is 0 Å². The van der Waals surface area contributed by atoms with Crippen LogP contribution in [0.25, 0.3) is 0 Å². The maximum Gasteiger partial charge on any atom is 0.243 e. The van der Waals surface area contributed by atoms with Crippen LogP contribution in [0.2, 0.25) is 0 Å². The Morgan fingerprint density at radius 1 is 1.13 bits per heavy atom. The van der Waals surface area contributed by atoms with Gasteiger partial charge in [-0.2, -0.15) is 15.8 Å². The molecule has 0 aliphatic carbocycles. The van der Waals surface area contributed by atoms with Crippen molar-refractivity contribution < 1.29 is 14.2 Å². The molecule has 31 heavy (non-hydrogen) atoms. The van der Waals surface area contributed by atoms with Crippen molar-refractivity contribution in [2.24, 2.45) is 22.7 Å². The average molecular weight is 421 g/mol. The number of rotatable bonds is 7. The number of fused-ring (bicyclic) bond motifs is 2. The van der Waals surface area contributed by atoms with Gasteiger partial charge >= 0.3 is 0 Å². The molecular weight excluding hydrogens is 392 g/mol. The molecule has 0 spiro atoms. The predicted octanol–water partition coefficient (Wildman–Crippen LogP) is 4.65. The van der Waals surface area contributed by atoms with Crippen LogP contribution in [-0.4, -0.2) is 19.1 Å². The molecule has 2 bridgehead atoms. The summed E-state index contributed by atoms with van der Waals surface area (Å²) in [6.45, 7) is 5.80. The quantitative estimate of drug-likeness (QED) is 0.685. The lowest BCUT2D eigenvalue weighted by molar-refractivity contribution is -0.296. The van der Waals surface area contributed by atoms with E-state index in [9.17, 15) is 15.8 Å². The van der Waals surface area contributed by atoms with Gasteiger partial charge in [-0.05, 0) is 36.6 Å². The second kappa shape index (κ2) is 8.22. The molecule has 5 unspecified atom stereocenters. The standard InChI is InChI=1S/C24H28N4O3/c1-5-7-8-17(6-2)20-22(13-25,14-26)23(15-27)16(3)24(30-20,31-21(23)28)18-9-11-19(29-4)12-10-18/h9-12,16-17,20,28H,5-8H2,1-4H3. The summed E-state index contributed by atoms with van der Waals surface area (Å²) in [7, 11) is 1.57. The summed E-state index contributed by atoms with van der Waals surface area (Å²) < 4.78 is 17.9. The lowest BCUT2D eigenvalue weighted by Crippen LogP contribution is -2.62. The van der Waals surface area contributed by atoms with Crippen molar-refractivity contribution >= 4 is 5.90 Å². The number of benzene rings is 1. The molecule has 3 rings (SSSR count). The Morgan fingerprint density at radius 3 is 2.26 bits per heavy atom. The molecule has 2 heterocycles. The Labute approximate surface area is 183 Å². The maximum absolute atomic E-state index is 10.4. The first-order valence-electron chi connectivity index (χ1n) is 10.7. The number of methoxy groups -OCH3 is 1. The van der Waals surface area contributed by atoms with Crippen molar-refractivity contribution in [3.8, 4) is 24.0 Å². The zero-order chi connectivity index (χ0) is 22.9. The van der Waals surface area contributed by atoms with Crippen LogP contribution >= 0.6 is 0 Å². The fourth-order valence-electron chi connectivity index (χ4n) is 5.20. The Kier molecular flexibility index (Phi) is 5.99. The average Bonchev–Trinajstić information content (AvgIpc) is 2.96. The van der Waals surface area contributed by atoms with Crippen molar-refractivity contribution in [2.45, 2.75) is 58.3 Å². The minimum Gasteiger partial charge on any atom is -0.497 e. The fraction of sp³-hybridized carbons (Fsp3) is 0.583. The third kappa shape index (κ3) is 2.83. The first-order valence-corrected chi connectivity index (χ1v) is 10.7. The fourth-order valence-corrected chi connectivity index (χ4v) is 5.20. The van der Waals surface area contributed by atoms with Crippen LogP contribution in [0, 0.1) is 62.1 Å². The molecule has 1 N–H and O–H groups in total. The highest BCUT2D eigenvalue weighted by atomic mass is 16.7. The summed E-state index contributed by atoms with van der Waals surface area (Å²) in [6.07, 6.45) is 2.43. The molecule has 0 aromatic heterocycles. The molecule has 0 amide bonds. The lowest BCUT2D eigenvalue weighted by atomic mass is 9.52. The van der Waals surface area contributed by atoms with E-state index in [0.29, 0.717) is 17.7 Å². The minimum absolute atomic E-state index is 0.133. The van der Waals surface area contributed by atoms with E-state index in [0.717, 1.165) is 19.3 Å².